The highest BCUT2D eigenvalue weighted by Gasteiger charge is 2.31. The molecule has 0 aromatic rings. The fourth-order valence-electron chi connectivity index (χ4n) is 3.20. The minimum atomic E-state index is -0.798. The van der Waals surface area contributed by atoms with Gasteiger partial charge in [-0.25, -0.2) is 4.79 Å². The van der Waals surface area contributed by atoms with Crippen LogP contribution >= 0.6 is 0 Å². The fourth-order valence-corrected chi connectivity index (χ4v) is 3.20. The van der Waals surface area contributed by atoms with E-state index in [1.54, 1.807) is 0 Å². The second-order valence-electron chi connectivity index (χ2n) is 7.12. The number of ketones is 1. The summed E-state index contributed by atoms with van der Waals surface area (Å²) in [6, 6.07) is -0.742. The van der Waals surface area contributed by atoms with Crippen LogP contribution in [-0.2, 0) is 23.9 Å². The highest BCUT2D eigenvalue weighted by atomic mass is 16.5. The van der Waals surface area contributed by atoms with Crippen LogP contribution in [0.3, 0.4) is 0 Å². The maximum absolute atomic E-state index is 12.3. The summed E-state index contributed by atoms with van der Waals surface area (Å²) < 4.78 is 5.36. The van der Waals surface area contributed by atoms with Crippen molar-refractivity contribution in [1.82, 2.24) is 5.32 Å². The van der Waals surface area contributed by atoms with Gasteiger partial charge < -0.3 is 10.1 Å². The van der Waals surface area contributed by atoms with Crippen LogP contribution in [0.25, 0.3) is 0 Å². The van der Waals surface area contributed by atoms with Crippen LogP contribution < -0.4 is 5.32 Å². The Morgan fingerprint density at radius 3 is 2.07 bits per heavy atom. The summed E-state index contributed by atoms with van der Waals surface area (Å²) in [5.74, 6) is -1.79. The first kappa shape index (κ1) is 23.1. The summed E-state index contributed by atoms with van der Waals surface area (Å²) in [6.07, 6.45) is 10.4. The van der Waals surface area contributed by atoms with Crippen LogP contribution in [0.15, 0.2) is 11.3 Å². The van der Waals surface area contributed by atoms with E-state index in [9.17, 15) is 19.2 Å². The molecule has 0 unspecified atom stereocenters. The SMILES string of the molecule is CCCCCCC(CCCCCC)=C(OC(=O)[C@@H]1CCC(=O)N1)C(=O)C=O. The molecule has 0 aromatic carbocycles. The Morgan fingerprint density at radius 2 is 1.63 bits per heavy atom. The molecule has 0 saturated carbocycles. The normalized spacial score (nSPS) is 15.9. The van der Waals surface area contributed by atoms with Crippen LogP contribution in [0.1, 0.15) is 90.9 Å². The van der Waals surface area contributed by atoms with Gasteiger partial charge in [-0.15, -0.1) is 0 Å². The van der Waals surface area contributed by atoms with Crippen molar-refractivity contribution < 1.29 is 23.9 Å². The fraction of sp³-hybridized carbons (Fsp3) is 0.714. The van der Waals surface area contributed by atoms with Gasteiger partial charge in [-0.1, -0.05) is 52.4 Å². The number of aldehydes is 1. The van der Waals surface area contributed by atoms with Crippen LogP contribution in [0.5, 0.6) is 0 Å². The minimum Gasteiger partial charge on any atom is -0.421 e. The average Bonchev–Trinajstić information content (AvgIpc) is 3.11. The van der Waals surface area contributed by atoms with Gasteiger partial charge in [0.25, 0.3) is 5.78 Å². The van der Waals surface area contributed by atoms with E-state index in [0.29, 0.717) is 19.3 Å². The van der Waals surface area contributed by atoms with Crippen molar-refractivity contribution >= 4 is 23.9 Å². The molecule has 1 aliphatic heterocycles. The van der Waals surface area contributed by atoms with Crippen LogP contribution in [0, 0.1) is 0 Å². The molecule has 1 atom stereocenters. The number of hydrogen-bond acceptors (Lipinski definition) is 5. The third kappa shape index (κ3) is 8.50. The largest absolute Gasteiger partial charge is 0.421 e. The number of nitrogens with one attached hydrogen (secondary N) is 1. The molecule has 0 radical (unpaired) electrons. The molecule has 1 amide bonds. The maximum atomic E-state index is 12.3. The number of esters is 1. The van der Waals surface area contributed by atoms with Crippen LogP contribution in [0.4, 0.5) is 0 Å². The molecule has 0 spiro atoms. The van der Waals surface area contributed by atoms with Crippen molar-refractivity contribution in [2.24, 2.45) is 0 Å². The lowest BCUT2D eigenvalue weighted by molar-refractivity contribution is -0.145. The number of amides is 1. The Hall–Kier alpha value is -1.98. The molecule has 1 fully saturated rings. The Bertz CT molecular complexity index is 539. The third-order valence-electron chi connectivity index (χ3n) is 4.80. The standard InChI is InChI=1S/C21H33NO5/c1-3-5-7-9-11-16(12-10-8-6-4-2)20(18(24)15-23)27-21(26)17-13-14-19(25)22-17/h15,17H,3-14H2,1-2H3,(H,22,25)/t17-/m0/s1. The summed E-state index contributed by atoms with van der Waals surface area (Å²) in [5, 5.41) is 2.54. The van der Waals surface area contributed by atoms with E-state index in [1.165, 1.54) is 0 Å². The Kier molecular flexibility index (Phi) is 11.3. The predicted octanol–water partition coefficient (Wildman–Crippen LogP) is 3.77. The Balaban J connectivity index is 2.90. The van der Waals surface area contributed by atoms with Gasteiger partial charge in [0.2, 0.25) is 5.91 Å². The topological polar surface area (TPSA) is 89.5 Å². The number of rotatable bonds is 14. The molecule has 1 heterocycles. The minimum absolute atomic E-state index is 0.121. The van der Waals surface area contributed by atoms with E-state index in [2.05, 4.69) is 19.2 Å². The van der Waals surface area contributed by atoms with Crippen molar-refractivity contribution in [3.63, 3.8) is 0 Å². The quantitative estimate of drug-likeness (QED) is 0.124. The molecule has 27 heavy (non-hydrogen) atoms. The second kappa shape index (κ2) is 13.2. The predicted molar refractivity (Wildman–Crippen MR) is 103 cm³/mol. The molecular formula is C21H33NO5. The highest BCUT2D eigenvalue weighted by molar-refractivity contribution is 6.32. The first-order valence-corrected chi connectivity index (χ1v) is 10.3. The smallest absolute Gasteiger partial charge is 0.334 e. The van der Waals surface area contributed by atoms with Gasteiger partial charge in [0.1, 0.15) is 6.04 Å². The lowest BCUT2D eigenvalue weighted by Crippen LogP contribution is -2.35. The summed E-state index contributed by atoms with van der Waals surface area (Å²) in [7, 11) is 0. The first-order valence-electron chi connectivity index (χ1n) is 10.3. The van der Waals surface area contributed by atoms with Gasteiger partial charge in [-0.3, -0.25) is 14.4 Å². The highest BCUT2D eigenvalue weighted by Crippen LogP contribution is 2.23. The van der Waals surface area contributed by atoms with Gasteiger partial charge >= 0.3 is 5.97 Å². The number of ether oxygens (including phenoxy) is 1. The van der Waals surface area contributed by atoms with Crippen molar-refractivity contribution in [3.05, 3.63) is 11.3 Å². The zero-order valence-electron chi connectivity index (χ0n) is 16.7. The van der Waals surface area contributed by atoms with Crippen LogP contribution in [0.2, 0.25) is 0 Å². The van der Waals surface area contributed by atoms with Gasteiger partial charge in [-0.2, -0.15) is 0 Å². The Labute approximate surface area is 162 Å². The first-order chi connectivity index (χ1) is 13.0. The zero-order chi connectivity index (χ0) is 20.1. The van der Waals surface area contributed by atoms with E-state index in [1.807, 2.05) is 0 Å². The lowest BCUT2D eigenvalue weighted by Gasteiger charge is -2.16. The molecule has 1 aliphatic rings. The van der Waals surface area contributed by atoms with E-state index in [4.69, 9.17) is 4.74 Å². The second-order valence-corrected chi connectivity index (χ2v) is 7.12. The van der Waals surface area contributed by atoms with E-state index in [-0.39, 0.29) is 24.4 Å². The summed E-state index contributed by atoms with van der Waals surface area (Å²) in [5.41, 5.74) is 0.747. The average molecular weight is 379 g/mol. The number of Topliss-reactive ketones (excluding diaryl/α,β-unsaturated/α-hetero) is 1. The Morgan fingerprint density at radius 1 is 1.04 bits per heavy atom. The zero-order valence-corrected chi connectivity index (χ0v) is 16.7. The number of carbonyl (C=O) groups is 4. The lowest BCUT2D eigenvalue weighted by atomic mass is 9.98. The molecule has 1 N–H and O–H groups in total. The van der Waals surface area contributed by atoms with Gasteiger partial charge in [0, 0.05) is 6.42 Å². The maximum Gasteiger partial charge on any atom is 0.334 e. The third-order valence-corrected chi connectivity index (χ3v) is 4.80. The number of hydrogen-bond donors (Lipinski definition) is 1. The number of unbranched alkanes of at least 4 members (excludes halogenated alkanes) is 6. The summed E-state index contributed by atoms with van der Waals surface area (Å²) >= 11 is 0. The van der Waals surface area contributed by atoms with E-state index in [0.717, 1.165) is 56.9 Å². The molecule has 0 bridgehead atoms. The molecule has 1 saturated heterocycles. The summed E-state index contributed by atoms with van der Waals surface area (Å²) in [4.78, 5) is 46.9. The monoisotopic (exact) mass is 379 g/mol. The molecule has 0 aliphatic carbocycles. The van der Waals surface area contributed by atoms with Gasteiger partial charge in [-0.05, 0) is 37.7 Å². The van der Waals surface area contributed by atoms with Crippen molar-refractivity contribution in [2.45, 2.75) is 96.9 Å². The number of carbonyl (C=O) groups excluding carboxylic acids is 4. The van der Waals surface area contributed by atoms with Gasteiger partial charge in [0.05, 0.1) is 0 Å². The van der Waals surface area contributed by atoms with Crippen molar-refractivity contribution in [1.29, 1.82) is 0 Å². The molecule has 6 heteroatoms. The molecular weight excluding hydrogens is 346 g/mol. The molecule has 6 nitrogen and oxygen atoms in total. The van der Waals surface area contributed by atoms with Crippen molar-refractivity contribution in [2.75, 3.05) is 0 Å². The summed E-state index contributed by atoms with van der Waals surface area (Å²) in [6.45, 7) is 4.25. The molecule has 0 aromatic heterocycles. The van der Waals surface area contributed by atoms with Crippen molar-refractivity contribution in [3.8, 4) is 0 Å². The number of allylic oxidation sites excluding steroid dienone is 2. The molecule has 152 valence electrons. The van der Waals surface area contributed by atoms with Gasteiger partial charge in [0.15, 0.2) is 12.0 Å². The van der Waals surface area contributed by atoms with E-state index < -0.39 is 17.8 Å². The van der Waals surface area contributed by atoms with E-state index >= 15 is 0 Å². The molecule has 1 rings (SSSR count). The van der Waals surface area contributed by atoms with Crippen LogP contribution in [-0.4, -0.2) is 30.0 Å².